The lowest BCUT2D eigenvalue weighted by molar-refractivity contribution is -0.0110. The number of carbonyl (C=O) groups is 1. The minimum Gasteiger partial charge on any atom is -0.375 e. The molecule has 1 aromatic rings. The van der Waals surface area contributed by atoms with Gasteiger partial charge in [-0.2, -0.15) is 5.10 Å². The lowest BCUT2D eigenvalue weighted by atomic mass is 10.00. The van der Waals surface area contributed by atoms with Crippen molar-refractivity contribution in [1.82, 2.24) is 10.2 Å². The summed E-state index contributed by atoms with van der Waals surface area (Å²) in [4.78, 5) is 11.1. The molecule has 0 atom stereocenters. The molecule has 0 saturated heterocycles. The number of fused-ring (bicyclic) bond motifs is 1. The second kappa shape index (κ2) is 3.34. The summed E-state index contributed by atoms with van der Waals surface area (Å²) in [6.45, 7) is 4.64. The quantitative estimate of drug-likeness (QED) is 0.702. The summed E-state index contributed by atoms with van der Waals surface area (Å²) >= 11 is 0. The van der Waals surface area contributed by atoms with Crippen molar-refractivity contribution in [3.63, 3.8) is 0 Å². The van der Waals surface area contributed by atoms with Crippen LogP contribution in [0.3, 0.4) is 0 Å². The molecular formula is C10H15N3O2. The van der Waals surface area contributed by atoms with Gasteiger partial charge in [-0.25, -0.2) is 0 Å². The van der Waals surface area contributed by atoms with Crippen LogP contribution in [0.2, 0.25) is 0 Å². The Bertz CT molecular complexity index is 395. The Kier molecular flexibility index (Phi) is 2.26. The molecule has 5 heteroatoms. The molecule has 0 radical (unpaired) electrons. The highest BCUT2D eigenvalue weighted by atomic mass is 16.5. The first-order chi connectivity index (χ1) is 6.99. The molecule has 5 nitrogen and oxygen atoms in total. The van der Waals surface area contributed by atoms with Gasteiger partial charge in [0, 0.05) is 17.7 Å². The highest BCUT2D eigenvalue weighted by Gasteiger charge is 2.28. The van der Waals surface area contributed by atoms with Crippen molar-refractivity contribution >= 4 is 5.91 Å². The van der Waals surface area contributed by atoms with Crippen LogP contribution in [-0.4, -0.2) is 28.3 Å². The van der Waals surface area contributed by atoms with Gasteiger partial charge in [0.1, 0.15) is 0 Å². The van der Waals surface area contributed by atoms with Crippen molar-refractivity contribution in [2.45, 2.75) is 32.3 Å². The summed E-state index contributed by atoms with van der Waals surface area (Å²) in [6, 6.07) is 0. The van der Waals surface area contributed by atoms with E-state index in [0.717, 1.165) is 17.7 Å². The van der Waals surface area contributed by atoms with Crippen LogP contribution < -0.4 is 5.73 Å². The first kappa shape index (κ1) is 10.2. The van der Waals surface area contributed by atoms with Gasteiger partial charge in [-0.3, -0.25) is 9.89 Å². The van der Waals surface area contributed by atoms with Crippen molar-refractivity contribution in [3.8, 4) is 0 Å². The normalized spacial score (nSPS) is 19.3. The van der Waals surface area contributed by atoms with Crippen molar-refractivity contribution < 1.29 is 9.53 Å². The SMILES string of the molecule is CC1(C)Cc2[nH]nc(C(N)=O)c2CCO1. The number of amides is 1. The van der Waals surface area contributed by atoms with Crippen molar-refractivity contribution in [3.05, 3.63) is 17.0 Å². The number of ether oxygens (including phenoxy) is 1. The van der Waals surface area contributed by atoms with E-state index in [0.29, 0.717) is 18.7 Å². The number of nitrogens with one attached hydrogen (secondary N) is 1. The number of hydrogen-bond donors (Lipinski definition) is 2. The van der Waals surface area contributed by atoms with Gasteiger partial charge in [0.2, 0.25) is 0 Å². The van der Waals surface area contributed by atoms with Gasteiger partial charge in [0.15, 0.2) is 5.69 Å². The molecule has 1 aliphatic rings. The zero-order chi connectivity index (χ0) is 11.1. The van der Waals surface area contributed by atoms with Crippen LogP contribution in [-0.2, 0) is 17.6 Å². The number of H-pyrrole nitrogens is 1. The number of carbonyl (C=O) groups excluding carboxylic acids is 1. The Balaban J connectivity index is 2.39. The van der Waals surface area contributed by atoms with Gasteiger partial charge in [0.05, 0.1) is 12.2 Å². The van der Waals surface area contributed by atoms with E-state index in [2.05, 4.69) is 10.2 Å². The highest BCUT2D eigenvalue weighted by Crippen LogP contribution is 2.24. The molecule has 0 bridgehead atoms. The zero-order valence-electron chi connectivity index (χ0n) is 8.96. The molecule has 82 valence electrons. The molecule has 0 saturated carbocycles. The van der Waals surface area contributed by atoms with Crippen LogP contribution >= 0.6 is 0 Å². The number of primary amides is 1. The summed E-state index contributed by atoms with van der Waals surface area (Å²) in [7, 11) is 0. The van der Waals surface area contributed by atoms with Crippen molar-refractivity contribution in [2.75, 3.05) is 6.61 Å². The van der Waals surface area contributed by atoms with Gasteiger partial charge >= 0.3 is 0 Å². The maximum Gasteiger partial charge on any atom is 0.269 e. The molecule has 1 aromatic heterocycles. The minimum atomic E-state index is -0.479. The Morgan fingerprint density at radius 2 is 2.33 bits per heavy atom. The fourth-order valence-corrected chi connectivity index (χ4v) is 1.93. The third kappa shape index (κ3) is 1.87. The fourth-order valence-electron chi connectivity index (χ4n) is 1.93. The molecule has 3 N–H and O–H groups in total. The maximum absolute atomic E-state index is 11.1. The highest BCUT2D eigenvalue weighted by molar-refractivity contribution is 5.92. The number of rotatable bonds is 1. The summed E-state index contributed by atoms with van der Waals surface area (Å²) in [5, 5.41) is 6.82. The molecule has 0 unspecified atom stereocenters. The molecule has 0 aromatic carbocycles. The molecule has 15 heavy (non-hydrogen) atoms. The topological polar surface area (TPSA) is 81.0 Å². The lowest BCUT2D eigenvalue weighted by Gasteiger charge is -2.22. The van der Waals surface area contributed by atoms with E-state index in [1.807, 2.05) is 13.8 Å². The number of nitrogens with zero attached hydrogens (tertiary/aromatic N) is 1. The predicted molar refractivity (Wildman–Crippen MR) is 54.5 cm³/mol. The van der Waals surface area contributed by atoms with E-state index in [1.54, 1.807) is 0 Å². The van der Waals surface area contributed by atoms with E-state index in [1.165, 1.54) is 0 Å². The molecule has 0 fully saturated rings. The summed E-state index contributed by atoms with van der Waals surface area (Å²) < 4.78 is 5.67. The standard InChI is InChI=1S/C10H15N3O2/c1-10(2)5-7-6(3-4-15-10)8(9(11)14)13-12-7/h3-5H2,1-2H3,(H2,11,14)(H,12,13). The van der Waals surface area contributed by atoms with Crippen LogP contribution in [0.25, 0.3) is 0 Å². The number of aromatic amines is 1. The second-order valence-corrected chi connectivity index (χ2v) is 4.43. The van der Waals surface area contributed by atoms with Gasteiger partial charge < -0.3 is 10.5 Å². The van der Waals surface area contributed by atoms with Crippen LogP contribution in [0.1, 0.15) is 35.6 Å². The van der Waals surface area contributed by atoms with E-state index in [9.17, 15) is 4.79 Å². The number of hydrogen-bond acceptors (Lipinski definition) is 3. The predicted octanol–water partition coefficient (Wildman–Crippen LogP) is 0.402. The number of nitrogens with two attached hydrogens (primary N) is 1. The van der Waals surface area contributed by atoms with Gasteiger partial charge in [-0.1, -0.05) is 0 Å². The van der Waals surface area contributed by atoms with E-state index in [4.69, 9.17) is 10.5 Å². The third-order valence-corrected chi connectivity index (χ3v) is 2.63. The molecule has 2 rings (SSSR count). The average molecular weight is 209 g/mol. The Hall–Kier alpha value is -1.36. The zero-order valence-corrected chi connectivity index (χ0v) is 8.96. The Labute approximate surface area is 88.0 Å². The molecule has 2 heterocycles. The lowest BCUT2D eigenvalue weighted by Crippen LogP contribution is -2.26. The first-order valence-corrected chi connectivity index (χ1v) is 4.99. The smallest absolute Gasteiger partial charge is 0.269 e. The Morgan fingerprint density at radius 1 is 1.60 bits per heavy atom. The molecule has 1 amide bonds. The number of aromatic nitrogens is 2. The first-order valence-electron chi connectivity index (χ1n) is 4.99. The summed E-state index contributed by atoms with van der Waals surface area (Å²) in [5.74, 6) is -0.479. The largest absolute Gasteiger partial charge is 0.375 e. The average Bonchev–Trinajstić information content (AvgIpc) is 2.41. The summed E-state index contributed by atoms with van der Waals surface area (Å²) in [5.41, 5.74) is 7.25. The molecular weight excluding hydrogens is 194 g/mol. The van der Waals surface area contributed by atoms with Crippen LogP contribution in [0, 0.1) is 0 Å². The van der Waals surface area contributed by atoms with Crippen LogP contribution in [0.15, 0.2) is 0 Å². The molecule has 0 aliphatic carbocycles. The van der Waals surface area contributed by atoms with E-state index in [-0.39, 0.29) is 5.60 Å². The van der Waals surface area contributed by atoms with Gasteiger partial charge in [0.25, 0.3) is 5.91 Å². The van der Waals surface area contributed by atoms with Crippen LogP contribution in [0.4, 0.5) is 0 Å². The molecule has 1 aliphatic heterocycles. The van der Waals surface area contributed by atoms with E-state index >= 15 is 0 Å². The minimum absolute atomic E-state index is 0.216. The Morgan fingerprint density at radius 3 is 3.00 bits per heavy atom. The molecule has 0 spiro atoms. The fraction of sp³-hybridized carbons (Fsp3) is 0.600. The third-order valence-electron chi connectivity index (χ3n) is 2.63. The second-order valence-electron chi connectivity index (χ2n) is 4.43. The van der Waals surface area contributed by atoms with Crippen molar-refractivity contribution in [1.29, 1.82) is 0 Å². The van der Waals surface area contributed by atoms with Gasteiger partial charge in [-0.05, 0) is 20.3 Å². The summed E-state index contributed by atoms with van der Waals surface area (Å²) in [6.07, 6.45) is 1.41. The van der Waals surface area contributed by atoms with Crippen LogP contribution in [0.5, 0.6) is 0 Å². The van der Waals surface area contributed by atoms with Crippen molar-refractivity contribution in [2.24, 2.45) is 5.73 Å². The monoisotopic (exact) mass is 209 g/mol. The maximum atomic E-state index is 11.1. The van der Waals surface area contributed by atoms with E-state index < -0.39 is 5.91 Å². The van der Waals surface area contributed by atoms with Gasteiger partial charge in [-0.15, -0.1) is 0 Å².